The molecule has 2 aromatic rings. The quantitative estimate of drug-likeness (QED) is 0.271. The predicted molar refractivity (Wildman–Crippen MR) is 126 cm³/mol. The standard InChI is InChI=1S/C19H29ClN6O5P2/c1-32(27)31-24-33(28)29-10-13-5-6-15(30-13)26-17-14(9-21-26)16(22-18(20)23-17)25-11-19(12-25)7-3-2-4-8-19/h9,13,15,24,27-28H,2-8,10-12H2,1H3. The molecular formula is C19H29ClN6O5P2. The van der Waals surface area contributed by atoms with Crippen LogP contribution in [0.2, 0.25) is 5.28 Å². The van der Waals surface area contributed by atoms with Crippen molar-refractivity contribution in [3.63, 3.8) is 0 Å². The number of hydrogen-bond acceptors (Lipinski definition) is 10. The van der Waals surface area contributed by atoms with Gasteiger partial charge in [-0.3, -0.25) is 0 Å². The molecule has 0 radical (unpaired) electrons. The van der Waals surface area contributed by atoms with Crippen molar-refractivity contribution in [1.29, 1.82) is 0 Å². The Morgan fingerprint density at radius 1 is 1.24 bits per heavy atom. The van der Waals surface area contributed by atoms with Gasteiger partial charge in [-0.25, -0.2) is 9.31 Å². The third-order valence-corrected chi connectivity index (χ3v) is 7.97. The van der Waals surface area contributed by atoms with Crippen LogP contribution in [0.3, 0.4) is 0 Å². The van der Waals surface area contributed by atoms with Crippen LogP contribution in [0, 0.1) is 5.41 Å². The summed E-state index contributed by atoms with van der Waals surface area (Å²) in [5.74, 6) is 0.849. The smallest absolute Gasteiger partial charge is 0.278 e. The topological polar surface area (TPSA) is 127 Å². The first-order valence-electron chi connectivity index (χ1n) is 11.2. The second-order valence-electron chi connectivity index (χ2n) is 9.06. The molecule has 1 aliphatic carbocycles. The summed E-state index contributed by atoms with van der Waals surface area (Å²) in [6, 6.07) is 0. The van der Waals surface area contributed by atoms with Gasteiger partial charge in [0.25, 0.3) is 8.53 Å². The Labute approximate surface area is 199 Å². The first-order chi connectivity index (χ1) is 15.9. The summed E-state index contributed by atoms with van der Waals surface area (Å²) in [7, 11) is -3.62. The van der Waals surface area contributed by atoms with Crippen molar-refractivity contribution in [2.24, 2.45) is 5.41 Å². The van der Waals surface area contributed by atoms with Crippen LogP contribution in [0.4, 0.5) is 5.82 Å². The minimum Gasteiger partial charge on any atom is -0.355 e. The molecule has 0 aromatic carbocycles. The zero-order valence-corrected chi connectivity index (χ0v) is 21.0. The molecule has 33 heavy (non-hydrogen) atoms. The molecular weight excluding hydrogens is 490 g/mol. The summed E-state index contributed by atoms with van der Waals surface area (Å²) in [6.07, 6.45) is 9.34. The number of halogens is 1. The van der Waals surface area contributed by atoms with Crippen LogP contribution >= 0.6 is 28.5 Å². The molecule has 1 spiro atoms. The molecule has 0 bridgehead atoms. The number of rotatable bonds is 8. The van der Waals surface area contributed by atoms with Gasteiger partial charge < -0.3 is 23.9 Å². The average Bonchev–Trinajstić information content (AvgIpc) is 3.41. The number of hydrogen-bond donors (Lipinski definition) is 3. The molecule has 11 nitrogen and oxygen atoms in total. The van der Waals surface area contributed by atoms with E-state index in [2.05, 4.69) is 25.2 Å². The summed E-state index contributed by atoms with van der Waals surface area (Å²) in [4.78, 5) is 30.2. The van der Waals surface area contributed by atoms with E-state index in [1.165, 1.54) is 38.8 Å². The maximum Gasteiger partial charge on any atom is 0.278 e. The molecule has 4 atom stereocenters. The van der Waals surface area contributed by atoms with E-state index in [0.717, 1.165) is 37.1 Å². The second kappa shape index (κ2) is 10.1. The van der Waals surface area contributed by atoms with E-state index in [0.29, 0.717) is 11.1 Å². The van der Waals surface area contributed by atoms with Crippen molar-refractivity contribution in [1.82, 2.24) is 25.0 Å². The fourth-order valence-corrected chi connectivity index (χ4v) is 6.40. The van der Waals surface area contributed by atoms with E-state index in [1.54, 1.807) is 10.9 Å². The summed E-state index contributed by atoms with van der Waals surface area (Å²) < 4.78 is 18.0. The van der Waals surface area contributed by atoms with E-state index >= 15 is 0 Å². The van der Waals surface area contributed by atoms with Gasteiger partial charge in [0.2, 0.25) is 5.28 Å². The van der Waals surface area contributed by atoms with Crippen molar-refractivity contribution >= 4 is 45.4 Å². The molecule has 2 saturated heterocycles. The molecule has 3 fully saturated rings. The molecule has 3 aliphatic rings. The summed E-state index contributed by atoms with van der Waals surface area (Å²) in [5.41, 5.74) is 1.10. The van der Waals surface area contributed by atoms with Gasteiger partial charge in [0.15, 0.2) is 20.3 Å². The first-order valence-corrected chi connectivity index (χ1v) is 14.5. The molecule has 4 unspecified atom stereocenters. The molecule has 5 rings (SSSR count). The van der Waals surface area contributed by atoms with Crippen molar-refractivity contribution in [2.75, 3.05) is 31.3 Å². The van der Waals surface area contributed by atoms with E-state index < -0.39 is 16.9 Å². The number of fused-ring (bicyclic) bond motifs is 1. The maximum absolute atomic E-state index is 9.78. The minimum atomic E-state index is -2.00. The molecule has 1 saturated carbocycles. The zero-order chi connectivity index (χ0) is 23.0. The van der Waals surface area contributed by atoms with Gasteiger partial charge >= 0.3 is 0 Å². The van der Waals surface area contributed by atoms with E-state index in [-0.39, 0.29) is 24.2 Å². The fourth-order valence-electron chi connectivity index (χ4n) is 5.13. The second-order valence-corrected chi connectivity index (χ2v) is 11.5. The highest BCUT2D eigenvalue weighted by molar-refractivity contribution is 7.47. The number of anilines is 1. The van der Waals surface area contributed by atoms with Crippen LogP contribution in [-0.4, -0.2) is 62.0 Å². The lowest BCUT2D eigenvalue weighted by Crippen LogP contribution is -2.57. The largest absolute Gasteiger partial charge is 0.355 e. The number of aromatic nitrogens is 4. The SMILES string of the molecule is CP(O)ONP(O)OCC1CCC(n2ncc3c(N4CC5(CCCCC5)C4)nc(Cl)nc32)O1. The summed E-state index contributed by atoms with van der Waals surface area (Å²) in [5, 5.41) is 7.94. The minimum absolute atomic E-state index is 0.193. The van der Waals surface area contributed by atoms with Crippen LogP contribution in [-0.2, 0) is 13.9 Å². The van der Waals surface area contributed by atoms with Crippen molar-refractivity contribution in [3.8, 4) is 0 Å². The zero-order valence-electron chi connectivity index (χ0n) is 18.4. The molecule has 14 heteroatoms. The van der Waals surface area contributed by atoms with Gasteiger partial charge in [-0.05, 0) is 37.3 Å². The molecule has 2 aliphatic heterocycles. The van der Waals surface area contributed by atoms with Gasteiger partial charge in [-0.1, -0.05) is 19.3 Å². The Morgan fingerprint density at radius 3 is 2.79 bits per heavy atom. The highest BCUT2D eigenvalue weighted by atomic mass is 35.5. The van der Waals surface area contributed by atoms with E-state index in [1.807, 2.05) is 0 Å². The van der Waals surface area contributed by atoms with Crippen molar-refractivity contribution in [2.45, 2.75) is 57.3 Å². The van der Waals surface area contributed by atoms with Gasteiger partial charge in [0.05, 0.1) is 24.3 Å². The summed E-state index contributed by atoms with van der Waals surface area (Å²) in [6.45, 7) is 3.70. The molecule has 182 valence electrons. The fraction of sp³-hybridized carbons (Fsp3) is 0.737. The van der Waals surface area contributed by atoms with Crippen LogP contribution < -0.4 is 10.2 Å². The molecule has 4 heterocycles. The third-order valence-electron chi connectivity index (χ3n) is 6.66. The lowest BCUT2D eigenvalue weighted by molar-refractivity contribution is -0.0224. The number of ether oxygens (including phenoxy) is 1. The van der Waals surface area contributed by atoms with Crippen molar-refractivity contribution in [3.05, 3.63) is 11.5 Å². The Hall–Kier alpha value is -0.740. The summed E-state index contributed by atoms with van der Waals surface area (Å²) >= 11 is 6.32. The number of nitrogens with one attached hydrogen (secondary N) is 1. The maximum atomic E-state index is 9.78. The van der Waals surface area contributed by atoms with Gasteiger partial charge in [0, 0.05) is 25.2 Å². The number of nitrogens with zero attached hydrogens (tertiary/aromatic N) is 5. The van der Waals surface area contributed by atoms with Crippen LogP contribution in [0.1, 0.15) is 51.2 Å². The van der Waals surface area contributed by atoms with Crippen LogP contribution in [0.25, 0.3) is 11.0 Å². The third kappa shape index (κ3) is 5.27. The van der Waals surface area contributed by atoms with E-state index in [9.17, 15) is 4.89 Å². The lowest BCUT2D eigenvalue weighted by atomic mass is 9.68. The molecule has 3 N–H and O–H groups in total. The predicted octanol–water partition coefficient (Wildman–Crippen LogP) is 3.62. The first kappa shape index (κ1) is 24.0. The normalized spacial score (nSPS) is 26.6. The lowest BCUT2D eigenvalue weighted by Gasteiger charge is -2.53. The highest BCUT2D eigenvalue weighted by Crippen LogP contribution is 2.46. The Balaban J connectivity index is 1.24. The highest BCUT2D eigenvalue weighted by Gasteiger charge is 2.44. The Kier molecular flexibility index (Phi) is 7.33. The average molecular weight is 519 g/mol. The van der Waals surface area contributed by atoms with Crippen LogP contribution in [0.15, 0.2) is 6.20 Å². The monoisotopic (exact) mass is 518 g/mol. The van der Waals surface area contributed by atoms with Gasteiger partial charge in [-0.15, -0.1) is 5.25 Å². The van der Waals surface area contributed by atoms with Crippen LogP contribution in [0.5, 0.6) is 0 Å². The Bertz CT molecular complexity index is 970. The Morgan fingerprint density at radius 2 is 2.03 bits per heavy atom. The van der Waals surface area contributed by atoms with Gasteiger partial charge in [-0.2, -0.15) is 15.1 Å². The van der Waals surface area contributed by atoms with Gasteiger partial charge in [0.1, 0.15) is 5.82 Å². The van der Waals surface area contributed by atoms with E-state index in [4.69, 9.17) is 30.4 Å². The molecule has 2 aromatic heterocycles. The van der Waals surface area contributed by atoms with Crippen molar-refractivity contribution < 1.29 is 23.7 Å². The molecule has 0 amide bonds.